The Morgan fingerprint density at radius 1 is 1.04 bits per heavy atom. The molecule has 0 N–H and O–H groups in total. The van der Waals surface area contributed by atoms with Crippen LogP contribution in [0.25, 0.3) is 0 Å². The summed E-state index contributed by atoms with van der Waals surface area (Å²) < 4.78 is 31.6. The van der Waals surface area contributed by atoms with Crippen LogP contribution in [0, 0.1) is 5.92 Å². The molecule has 6 nitrogen and oxygen atoms in total. The van der Waals surface area contributed by atoms with Crippen molar-refractivity contribution in [3.05, 3.63) is 53.9 Å². The van der Waals surface area contributed by atoms with E-state index in [1.165, 1.54) is 18.3 Å². The first kappa shape index (κ1) is 14.2. The Morgan fingerprint density at radius 3 is 2.52 bits per heavy atom. The molecule has 0 radical (unpaired) electrons. The van der Waals surface area contributed by atoms with Gasteiger partial charge in [-0.15, -0.1) is 0 Å². The van der Waals surface area contributed by atoms with Crippen LogP contribution in [-0.4, -0.2) is 24.3 Å². The molecule has 1 aromatic carbocycles. The molecular formula is C16H13NO5S. The second-order valence-corrected chi connectivity index (χ2v) is 7.52. The molecule has 1 aliphatic heterocycles. The summed E-state index contributed by atoms with van der Waals surface area (Å²) in [4.78, 5) is 24.0. The lowest BCUT2D eigenvalue weighted by Crippen LogP contribution is -2.27. The average Bonchev–Trinajstić information content (AvgIpc) is 3.10. The van der Waals surface area contributed by atoms with Gasteiger partial charge in [-0.1, -0.05) is 18.2 Å². The molecule has 0 bridgehead atoms. The molecule has 0 saturated carbocycles. The first-order valence-corrected chi connectivity index (χ1v) is 8.70. The number of carbonyl (C=O) groups excluding carboxylic acids is 2. The predicted molar refractivity (Wildman–Crippen MR) is 79.1 cm³/mol. The van der Waals surface area contributed by atoms with Crippen molar-refractivity contribution in [1.29, 1.82) is 0 Å². The fourth-order valence-corrected chi connectivity index (χ4v) is 4.80. The number of aryl methyl sites for hydroxylation is 1. The molecule has 1 fully saturated rings. The zero-order chi connectivity index (χ0) is 16.2. The Bertz CT molecular complexity index is 913. The fourth-order valence-electron chi connectivity index (χ4n) is 3.37. The Morgan fingerprint density at radius 2 is 1.78 bits per heavy atom. The lowest BCUT2D eigenvalue weighted by Gasteiger charge is -2.23. The van der Waals surface area contributed by atoms with Gasteiger partial charge in [-0.25, -0.2) is 12.4 Å². The van der Waals surface area contributed by atoms with Gasteiger partial charge in [0.1, 0.15) is 5.92 Å². The van der Waals surface area contributed by atoms with Gasteiger partial charge in [-0.05, 0) is 36.6 Å². The number of aromatic nitrogens is 1. The summed E-state index contributed by atoms with van der Waals surface area (Å²) >= 11 is 0. The highest BCUT2D eigenvalue weighted by Crippen LogP contribution is 2.43. The first-order chi connectivity index (χ1) is 11.0. The van der Waals surface area contributed by atoms with E-state index in [1.807, 2.05) is 0 Å². The lowest BCUT2D eigenvalue weighted by atomic mass is 9.80. The highest BCUT2D eigenvalue weighted by atomic mass is 32.2. The van der Waals surface area contributed by atoms with Crippen LogP contribution < -0.4 is 0 Å². The summed E-state index contributed by atoms with van der Waals surface area (Å²) in [7, 11) is -3.82. The maximum Gasteiger partial charge on any atom is 0.323 e. The molecule has 2 unspecified atom stereocenters. The van der Waals surface area contributed by atoms with Gasteiger partial charge < -0.3 is 4.74 Å². The predicted octanol–water partition coefficient (Wildman–Crippen LogP) is 1.45. The van der Waals surface area contributed by atoms with Gasteiger partial charge in [0.25, 0.3) is 10.0 Å². The molecule has 4 rings (SSSR count). The van der Waals surface area contributed by atoms with E-state index in [0.717, 1.165) is 9.54 Å². The zero-order valence-electron chi connectivity index (χ0n) is 12.0. The van der Waals surface area contributed by atoms with Crippen molar-refractivity contribution in [1.82, 2.24) is 3.97 Å². The molecule has 2 aliphatic rings. The summed E-state index contributed by atoms with van der Waals surface area (Å²) in [5, 5.41) is 0. The van der Waals surface area contributed by atoms with Crippen molar-refractivity contribution in [2.75, 3.05) is 0 Å². The van der Waals surface area contributed by atoms with Crippen molar-refractivity contribution in [3.8, 4) is 0 Å². The highest BCUT2D eigenvalue weighted by molar-refractivity contribution is 7.90. The van der Waals surface area contributed by atoms with Crippen LogP contribution in [0.1, 0.15) is 23.6 Å². The van der Waals surface area contributed by atoms with Gasteiger partial charge in [0.2, 0.25) is 0 Å². The summed E-state index contributed by atoms with van der Waals surface area (Å²) in [6.07, 6.45) is 2.50. The summed E-state index contributed by atoms with van der Waals surface area (Å²) in [6, 6.07) is 9.70. The van der Waals surface area contributed by atoms with Crippen LogP contribution in [0.4, 0.5) is 0 Å². The number of hydrogen-bond donors (Lipinski definition) is 0. The van der Waals surface area contributed by atoms with Crippen molar-refractivity contribution < 1.29 is 22.7 Å². The number of rotatable bonds is 2. The number of carbonyl (C=O) groups is 2. The Labute approximate surface area is 132 Å². The molecule has 2 aromatic rings. The Hall–Kier alpha value is -2.41. The number of cyclic esters (lactones) is 2. The first-order valence-electron chi connectivity index (χ1n) is 7.26. The summed E-state index contributed by atoms with van der Waals surface area (Å²) in [6.45, 7) is 0. The third-order valence-electron chi connectivity index (χ3n) is 4.46. The normalized spacial score (nSPS) is 23.3. The van der Waals surface area contributed by atoms with Crippen LogP contribution in [0.3, 0.4) is 0 Å². The second-order valence-electron chi connectivity index (χ2n) is 5.70. The maximum absolute atomic E-state index is 12.9. The largest absolute Gasteiger partial charge is 0.392 e. The van der Waals surface area contributed by atoms with Gasteiger partial charge >= 0.3 is 11.9 Å². The minimum Gasteiger partial charge on any atom is -0.392 e. The lowest BCUT2D eigenvalue weighted by molar-refractivity contribution is -0.153. The van der Waals surface area contributed by atoms with Crippen molar-refractivity contribution >= 4 is 22.0 Å². The van der Waals surface area contributed by atoms with Crippen molar-refractivity contribution in [2.45, 2.75) is 23.7 Å². The van der Waals surface area contributed by atoms with E-state index in [9.17, 15) is 18.0 Å². The van der Waals surface area contributed by atoms with Crippen molar-refractivity contribution in [2.24, 2.45) is 5.92 Å². The third kappa shape index (κ3) is 1.96. The van der Waals surface area contributed by atoms with E-state index >= 15 is 0 Å². The molecular weight excluding hydrogens is 318 g/mol. The topological polar surface area (TPSA) is 82.4 Å². The molecule has 2 atom stereocenters. The standard InChI is InChI=1S/C16H13NO5S/c18-15-12-7-6-10-8-9-17(14(10)13(12)16(19)22-15)23(20,21)11-4-2-1-3-5-11/h1-5,8-9,12-13H,6-7H2. The molecule has 2 heterocycles. The highest BCUT2D eigenvalue weighted by Gasteiger charge is 2.50. The van der Waals surface area contributed by atoms with Gasteiger partial charge in [0.15, 0.2) is 0 Å². The minimum absolute atomic E-state index is 0.137. The van der Waals surface area contributed by atoms with Gasteiger partial charge in [0, 0.05) is 6.20 Å². The molecule has 1 saturated heterocycles. The second kappa shape index (κ2) is 4.79. The van der Waals surface area contributed by atoms with Crippen LogP contribution in [0.5, 0.6) is 0 Å². The van der Waals surface area contributed by atoms with Gasteiger partial charge in [0.05, 0.1) is 16.5 Å². The fraction of sp³-hybridized carbons (Fsp3) is 0.250. The molecule has 1 aliphatic carbocycles. The van der Waals surface area contributed by atoms with Crippen LogP contribution in [-0.2, 0) is 30.8 Å². The number of ether oxygens (including phenoxy) is 1. The van der Waals surface area contributed by atoms with Gasteiger partial charge in [-0.3, -0.25) is 9.59 Å². The SMILES string of the molecule is O=C1OC(=O)C2c3c(ccn3S(=O)(=O)c3ccccc3)CCC12. The van der Waals surface area contributed by atoms with E-state index in [2.05, 4.69) is 0 Å². The van der Waals surface area contributed by atoms with E-state index in [0.29, 0.717) is 18.5 Å². The Kier molecular flexibility index (Phi) is 2.96. The average molecular weight is 331 g/mol. The van der Waals surface area contributed by atoms with Crippen LogP contribution >= 0.6 is 0 Å². The van der Waals surface area contributed by atoms with Gasteiger partial charge in [-0.2, -0.15) is 0 Å². The Balaban J connectivity index is 1.90. The monoisotopic (exact) mass is 331 g/mol. The molecule has 23 heavy (non-hydrogen) atoms. The molecule has 7 heteroatoms. The van der Waals surface area contributed by atoms with Crippen LogP contribution in [0.2, 0.25) is 0 Å². The maximum atomic E-state index is 12.9. The zero-order valence-corrected chi connectivity index (χ0v) is 12.8. The number of fused-ring (bicyclic) bond motifs is 3. The van der Waals surface area contributed by atoms with Crippen LogP contribution in [0.15, 0.2) is 47.5 Å². The minimum atomic E-state index is -3.82. The quantitative estimate of drug-likeness (QED) is 0.614. The van der Waals surface area contributed by atoms with E-state index in [1.54, 1.807) is 24.3 Å². The van der Waals surface area contributed by atoms with Crippen molar-refractivity contribution in [3.63, 3.8) is 0 Å². The van der Waals surface area contributed by atoms with E-state index in [-0.39, 0.29) is 4.90 Å². The number of esters is 2. The molecule has 118 valence electrons. The molecule has 0 spiro atoms. The number of nitrogens with zero attached hydrogens (tertiary/aromatic N) is 1. The third-order valence-corrected chi connectivity index (χ3v) is 6.16. The summed E-state index contributed by atoms with van der Waals surface area (Å²) in [5.41, 5.74) is 1.14. The smallest absolute Gasteiger partial charge is 0.323 e. The number of benzene rings is 1. The number of hydrogen-bond acceptors (Lipinski definition) is 5. The molecule has 0 amide bonds. The molecule has 1 aromatic heterocycles. The van der Waals surface area contributed by atoms with E-state index < -0.39 is 33.8 Å². The van der Waals surface area contributed by atoms with E-state index in [4.69, 9.17) is 4.74 Å². The summed E-state index contributed by atoms with van der Waals surface area (Å²) in [5.74, 6) is -2.64.